The van der Waals surface area contributed by atoms with Gasteiger partial charge in [0, 0.05) is 16.1 Å². The second-order valence-corrected chi connectivity index (χ2v) is 8.72. The van der Waals surface area contributed by atoms with Gasteiger partial charge in [-0.05, 0) is 54.8 Å². The van der Waals surface area contributed by atoms with Crippen LogP contribution in [0.25, 0.3) is 17.1 Å². The number of benzene rings is 2. The van der Waals surface area contributed by atoms with Crippen LogP contribution in [0.2, 0.25) is 0 Å². The molecule has 0 spiro atoms. The fourth-order valence-corrected chi connectivity index (χ4v) is 4.24. The predicted octanol–water partition coefficient (Wildman–Crippen LogP) is 4.56. The Morgan fingerprint density at radius 3 is 2.62 bits per heavy atom. The van der Waals surface area contributed by atoms with Gasteiger partial charge in [0.05, 0.1) is 19.1 Å². The number of carbonyl (C=O) groups excluding carboxylic acids is 1. The minimum atomic E-state index is -0.216. The highest BCUT2D eigenvalue weighted by Gasteiger charge is 2.17. The maximum Gasteiger partial charge on any atom is 0.250 e. The molecule has 1 N–H and O–H groups in total. The summed E-state index contributed by atoms with van der Waals surface area (Å²) in [5, 5.41) is 15.3. The molecular formula is C23H21N5O2S2. The van der Waals surface area contributed by atoms with Gasteiger partial charge >= 0.3 is 0 Å². The van der Waals surface area contributed by atoms with Gasteiger partial charge in [-0.25, -0.2) is 5.43 Å². The minimum absolute atomic E-state index is 0.161. The van der Waals surface area contributed by atoms with Crippen LogP contribution in [0.3, 0.4) is 0 Å². The summed E-state index contributed by atoms with van der Waals surface area (Å²) in [6.07, 6.45) is 1.63. The first kappa shape index (κ1) is 21.8. The van der Waals surface area contributed by atoms with Crippen LogP contribution in [-0.4, -0.2) is 39.7 Å². The van der Waals surface area contributed by atoms with E-state index in [0.717, 1.165) is 27.4 Å². The molecule has 0 radical (unpaired) electrons. The number of amides is 1. The first-order chi connectivity index (χ1) is 15.6. The molecule has 0 atom stereocenters. The van der Waals surface area contributed by atoms with Crippen molar-refractivity contribution in [3.05, 3.63) is 76.5 Å². The summed E-state index contributed by atoms with van der Waals surface area (Å²) in [5.41, 5.74) is 5.53. The van der Waals surface area contributed by atoms with Crippen LogP contribution in [0.1, 0.15) is 10.4 Å². The molecule has 0 fully saturated rings. The third-order valence-corrected chi connectivity index (χ3v) is 6.27. The van der Waals surface area contributed by atoms with E-state index in [9.17, 15) is 4.79 Å². The first-order valence-corrected chi connectivity index (χ1v) is 11.7. The molecule has 2 heterocycles. The van der Waals surface area contributed by atoms with Gasteiger partial charge < -0.3 is 4.74 Å². The molecule has 0 aliphatic rings. The highest BCUT2D eigenvalue weighted by molar-refractivity contribution is 7.99. The van der Waals surface area contributed by atoms with Crippen LogP contribution >= 0.6 is 23.1 Å². The number of ether oxygens (including phenoxy) is 1. The fourth-order valence-electron chi connectivity index (χ4n) is 2.91. The van der Waals surface area contributed by atoms with E-state index in [0.29, 0.717) is 11.0 Å². The van der Waals surface area contributed by atoms with Crippen molar-refractivity contribution in [2.24, 2.45) is 5.10 Å². The number of thioether (sulfide) groups is 1. The normalized spacial score (nSPS) is 11.1. The summed E-state index contributed by atoms with van der Waals surface area (Å²) >= 11 is 2.86. The fraction of sp³-hybridized carbons (Fsp3) is 0.130. The van der Waals surface area contributed by atoms with Crippen LogP contribution < -0.4 is 10.2 Å². The number of nitrogens with zero attached hydrogens (tertiary/aromatic N) is 4. The second-order valence-electron chi connectivity index (χ2n) is 6.80. The van der Waals surface area contributed by atoms with Gasteiger partial charge in [-0.1, -0.05) is 35.5 Å². The molecule has 0 saturated heterocycles. The van der Waals surface area contributed by atoms with Crippen LogP contribution in [-0.2, 0) is 4.79 Å². The number of hydrogen-bond donors (Lipinski definition) is 1. The number of hydrazone groups is 1. The standard InChI is InChI=1S/C23H21N5O2S2/c1-16-5-9-18(10-6-16)28-22(17-7-11-19(30-2)12-8-17)26-27-23(28)32-15-21(29)25-24-14-20-4-3-13-31-20/h3-14H,15H2,1-2H3,(H,25,29)/b24-14-. The first-order valence-electron chi connectivity index (χ1n) is 9.79. The van der Waals surface area contributed by atoms with E-state index in [1.807, 2.05) is 77.5 Å². The molecule has 0 aliphatic carbocycles. The molecule has 32 heavy (non-hydrogen) atoms. The van der Waals surface area contributed by atoms with E-state index in [1.54, 1.807) is 24.7 Å². The highest BCUT2D eigenvalue weighted by atomic mass is 32.2. The summed E-state index contributed by atoms with van der Waals surface area (Å²) in [5.74, 6) is 1.40. The van der Waals surface area contributed by atoms with Gasteiger partial charge in [0.1, 0.15) is 5.75 Å². The lowest BCUT2D eigenvalue weighted by Gasteiger charge is -2.11. The molecule has 0 bridgehead atoms. The van der Waals surface area contributed by atoms with Gasteiger partial charge in [-0.15, -0.1) is 21.5 Å². The predicted molar refractivity (Wildman–Crippen MR) is 129 cm³/mol. The Kier molecular flexibility index (Phi) is 6.98. The molecule has 0 saturated carbocycles. The van der Waals surface area contributed by atoms with Crippen molar-refractivity contribution in [3.8, 4) is 22.8 Å². The zero-order valence-electron chi connectivity index (χ0n) is 17.6. The number of thiophene rings is 1. The van der Waals surface area contributed by atoms with Gasteiger partial charge in [-0.2, -0.15) is 5.10 Å². The molecule has 0 aliphatic heterocycles. The van der Waals surface area contributed by atoms with Gasteiger partial charge in [0.15, 0.2) is 11.0 Å². The summed E-state index contributed by atoms with van der Waals surface area (Å²) in [6, 6.07) is 19.6. The van der Waals surface area contributed by atoms with Gasteiger partial charge in [0.2, 0.25) is 0 Å². The maximum atomic E-state index is 12.3. The van der Waals surface area contributed by atoms with Crippen molar-refractivity contribution < 1.29 is 9.53 Å². The molecule has 2 aromatic heterocycles. The van der Waals surface area contributed by atoms with Crippen LogP contribution in [0.15, 0.2) is 76.3 Å². The topological polar surface area (TPSA) is 81.4 Å². The number of aryl methyl sites for hydroxylation is 1. The second kappa shape index (κ2) is 10.3. The minimum Gasteiger partial charge on any atom is -0.497 e. The number of aromatic nitrogens is 3. The van der Waals surface area contributed by atoms with Crippen molar-refractivity contribution >= 4 is 35.2 Å². The zero-order valence-corrected chi connectivity index (χ0v) is 19.2. The number of carbonyl (C=O) groups is 1. The van der Waals surface area contributed by atoms with E-state index in [-0.39, 0.29) is 11.7 Å². The third-order valence-electron chi connectivity index (χ3n) is 4.53. The Morgan fingerprint density at radius 1 is 1.16 bits per heavy atom. The van der Waals surface area contributed by atoms with E-state index in [1.165, 1.54) is 11.8 Å². The quantitative estimate of drug-likeness (QED) is 0.235. The average molecular weight is 464 g/mol. The van der Waals surface area contributed by atoms with Gasteiger partial charge in [-0.3, -0.25) is 9.36 Å². The average Bonchev–Trinajstić information content (AvgIpc) is 3.48. The lowest BCUT2D eigenvalue weighted by Crippen LogP contribution is -2.19. The molecule has 7 nitrogen and oxygen atoms in total. The smallest absolute Gasteiger partial charge is 0.250 e. The monoisotopic (exact) mass is 463 g/mol. The van der Waals surface area contributed by atoms with E-state index < -0.39 is 0 Å². The maximum absolute atomic E-state index is 12.3. The van der Waals surface area contributed by atoms with E-state index in [2.05, 4.69) is 20.7 Å². The van der Waals surface area contributed by atoms with Crippen molar-refractivity contribution in [1.29, 1.82) is 0 Å². The number of hydrogen-bond acceptors (Lipinski definition) is 7. The molecule has 9 heteroatoms. The number of rotatable bonds is 8. The lowest BCUT2D eigenvalue weighted by atomic mass is 10.2. The van der Waals surface area contributed by atoms with Crippen molar-refractivity contribution in [2.75, 3.05) is 12.9 Å². The lowest BCUT2D eigenvalue weighted by molar-refractivity contribution is -0.118. The Labute approximate surface area is 194 Å². The summed E-state index contributed by atoms with van der Waals surface area (Å²) in [6.45, 7) is 2.04. The summed E-state index contributed by atoms with van der Waals surface area (Å²) < 4.78 is 7.21. The molecule has 4 aromatic rings. The Bertz CT molecular complexity index is 1200. The van der Waals surface area contributed by atoms with E-state index in [4.69, 9.17) is 4.74 Å². The zero-order chi connectivity index (χ0) is 22.3. The Balaban J connectivity index is 1.55. The SMILES string of the molecule is COc1ccc(-c2nnc(SCC(=O)N/N=C\c3cccs3)n2-c2ccc(C)cc2)cc1. The number of nitrogens with one attached hydrogen (secondary N) is 1. The van der Waals surface area contributed by atoms with Crippen LogP contribution in [0, 0.1) is 6.92 Å². The van der Waals surface area contributed by atoms with Crippen molar-refractivity contribution in [2.45, 2.75) is 12.1 Å². The molecule has 162 valence electrons. The largest absolute Gasteiger partial charge is 0.497 e. The van der Waals surface area contributed by atoms with Crippen LogP contribution in [0.5, 0.6) is 5.75 Å². The summed E-state index contributed by atoms with van der Waals surface area (Å²) in [7, 11) is 1.63. The molecular weight excluding hydrogens is 442 g/mol. The Morgan fingerprint density at radius 2 is 1.94 bits per heavy atom. The highest BCUT2D eigenvalue weighted by Crippen LogP contribution is 2.29. The van der Waals surface area contributed by atoms with Gasteiger partial charge in [0.25, 0.3) is 5.91 Å². The molecule has 4 rings (SSSR count). The van der Waals surface area contributed by atoms with Crippen LogP contribution in [0.4, 0.5) is 0 Å². The molecule has 0 unspecified atom stereocenters. The third kappa shape index (κ3) is 5.24. The molecule has 1 amide bonds. The van der Waals surface area contributed by atoms with Crippen molar-refractivity contribution in [3.63, 3.8) is 0 Å². The summed E-state index contributed by atoms with van der Waals surface area (Å²) in [4.78, 5) is 13.2. The Hall–Kier alpha value is -3.43. The van der Waals surface area contributed by atoms with Crippen molar-refractivity contribution in [1.82, 2.24) is 20.2 Å². The molecule has 2 aromatic carbocycles. The van der Waals surface area contributed by atoms with E-state index >= 15 is 0 Å². The number of methoxy groups -OCH3 is 1.